The van der Waals surface area contributed by atoms with E-state index in [1.54, 1.807) is 36.4 Å². The second-order valence-electron chi connectivity index (χ2n) is 9.25. The number of nitrogens with zero attached hydrogens (tertiary/aromatic N) is 1. The standard InChI is InChI=1S/C28H23ClN2O5/c29-19-11-8-16(9-12-19)15-4-6-17(7-5-15)25(32)20-13-10-18(23(20)28(35)36)14-31-26(33)21-2-1-3-22(30)24(21)27(31)34/h1-9,11-12,18,20,23H,10,13-14,30H2,(H,35,36). The fourth-order valence-electron chi connectivity index (χ4n) is 5.40. The van der Waals surface area contributed by atoms with E-state index >= 15 is 0 Å². The molecule has 3 unspecified atom stereocenters. The van der Waals surface area contributed by atoms with Crippen molar-refractivity contribution in [1.29, 1.82) is 0 Å². The van der Waals surface area contributed by atoms with Crippen LogP contribution in [0.3, 0.4) is 0 Å². The quantitative estimate of drug-likeness (QED) is 0.284. The van der Waals surface area contributed by atoms with Crippen LogP contribution in [-0.4, -0.2) is 40.1 Å². The first-order valence-electron chi connectivity index (χ1n) is 11.6. The van der Waals surface area contributed by atoms with Gasteiger partial charge in [0.25, 0.3) is 11.8 Å². The number of hydrogen-bond acceptors (Lipinski definition) is 5. The van der Waals surface area contributed by atoms with Crippen molar-refractivity contribution < 1.29 is 24.3 Å². The van der Waals surface area contributed by atoms with Gasteiger partial charge in [-0.2, -0.15) is 0 Å². The van der Waals surface area contributed by atoms with Gasteiger partial charge in [-0.25, -0.2) is 0 Å². The Morgan fingerprint density at radius 3 is 2.17 bits per heavy atom. The maximum atomic E-state index is 13.3. The highest BCUT2D eigenvalue weighted by molar-refractivity contribution is 6.30. The second-order valence-corrected chi connectivity index (χ2v) is 9.68. The van der Waals surface area contributed by atoms with Crippen LogP contribution in [0.1, 0.15) is 43.9 Å². The lowest BCUT2D eigenvalue weighted by Crippen LogP contribution is -2.39. The molecule has 3 N–H and O–H groups in total. The number of benzene rings is 3. The fourth-order valence-corrected chi connectivity index (χ4v) is 5.52. The number of fused-ring (bicyclic) bond motifs is 1. The van der Waals surface area contributed by atoms with Crippen molar-refractivity contribution in [2.45, 2.75) is 12.8 Å². The number of carboxylic acids is 1. The van der Waals surface area contributed by atoms with Gasteiger partial charge in [0.15, 0.2) is 5.78 Å². The number of imide groups is 1. The van der Waals surface area contributed by atoms with Gasteiger partial charge in [0.1, 0.15) is 0 Å². The van der Waals surface area contributed by atoms with E-state index < -0.39 is 35.5 Å². The van der Waals surface area contributed by atoms with Gasteiger partial charge < -0.3 is 10.8 Å². The average Bonchev–Trinajstić information content (AvgIpc) is 3.40. The fraction of sp³-hybridized carbons (Fsp3) is 0.214. The molecule has 3 aromatic rings. The number of ketones is 1. The van der Waals surface area contributed by atoms with Crippen LogP contribution < -0.4 is 5.73 Å². The Morgan fingerprint density at radius 1 is 0.917 bits per heavy atom. The summed E-state index contributed by atoms with van der Waals surface area (Å²) < 4.78 is 0. The average molecular weight is 503 g/mol. The van der Waals surface area contributed by atoms with Crippen LogP contribution in [0.2, 0.25) is 5.02 Å². The lowest BCUT2D eigenvalue weighted by atomic mass is 9.84. The van der Waals surface area contributed by atoms with E-state index in [0.717, 1.165) is 16.0 Å². The maximum Gasteiger partial charge on any atom is 0.307 e. The van der Waals surface area contributed by atoms with Crippen molar-refractivity contribution in [3.05, 3.63) is 88.4 Å². The molecule has 5 rings (SSSR count). The van der Waals surface area contributed by atoms with E-state index in [1.807, 2.05) is 24.3 Å². The number of carboxylic acid groups (broad SMARTS) is 1. The third-order valence-corrected chi connectivity index (χ3v) is 7.46. The highest BCUT2D eigenvalue weighted by Crippen LogP contribution is 2.41. The number of nitrogen functional groups attached to an aromatic ring is 1. The first-order chi connectivity index (χ1) is 17.3. The largest absolute Gasteiger partial charge is 0.481 e. The number of carbonyl (C=O) groups is 4. The van der Waals surface area contributed by atoms with Crippen molar-refractivity contribution in [2.24, 2.45) is 17.8 Å². The Balaban J connectivity index is 1.34. The van der Waals surface area contributed by atoms with Crippen LogP contribution >= 0.6 is 11.6 Å². The summed E-state index contributed by atoms with van der Waals surface area (Å²) >= 11 is 5.95. The Morgan fingerprint density at radius 2 is 1.56 bits per heavy atom. The number of aliphatic carboxylic acids is 1. The molecule has 1 aliphatic heterocycles. The minimum atomic E-state index is -1.11. The SMILES string of the molecule is Nc1cccc2c1C(=O)N(CC1CCC(C(=O)c3ccc(-c4ccc(Cl)cc4)cc3)C1C(=O)O)C2=O. The minimum Gasteiger partial charge on any atom is -0.481 e. The lowest BCUT2D eigenvalue weighted by Gasteiger charge is -2.24. The summed E-state index contributed by atoms with van der Waals surface area (Å²) in [5.41, 5.74) is 8.78. The number of carbonyl (C=O) groups excluding carboxylic acids is 3. The van der Waals surface area contributed by atoms with Crippen LogP contribution in [0.25, 0.3) is 11.1 Å². The van der Waals surface area contributed by atoms with Crippen LogP contribution in [0.15, 0.2) is 66.7 Å². The molecule has 182 valence electrons. The van der Waals surface area contributed by atoms with Crippen molar-refractivity contribution in [2.75, 3.05) is 12.3 Å². The predicted molar refractivity (Wildman–Crippen MR) is 135 cm³/mol. The summed E-state index contributed by atoms with van der Waals surface area (Å²) in [6.45, 7) is -0.0674. The van der Waals surface area contributed by atoms with E-state index in [4.69, 9.17) is 17.3 Å². The molecule has 3 aromatic carbocycles. The highest BCUT2D eigenvalue weighted by atomic mass is 35.5. The van der Waals surface area contributed by atoms with Crippen molar-refractivity contribution in [3.63, 3.8) is 0 Å². The monoisotopic (exact) mass is 502 g/mol. The summed E-state index contributed by atoms with van der Waals surface area (Å²) in [6, 6.07) is 19.1. The van der Waals surface area contributed by atoms with Gasteiger partial charge in [-0.3, -0.25) is 24.1 Å². The second kappa shape index (κ2) is 9.24. The molecule has 36 heavy (non-hydrogen) atoms. The van der Waals surface area contributed by atoms with Gasteiger partial charge in [-0.15, -0.1) is 0 Å². The number of hydrogen-bond donors (Lipinski definition) is 2. The molecule has 2 amide bonds. The van der Waals surface area contributed by atoms with E-state index in [1.165, 1.54) is 6.07 Å². The Labute approximate surface area is 212 Å². The molecule has 3 atom stereocenters. The van der Waals surface area contributed by atoms with Crippen LogP contribution in [0, 0.1) is 17.8 Å². The maximum absolute atomic E-state index is 13.3. The molecule has 7 nitrogen and oxygen atoms in total. The minimum absolute atomic E-state index is 0.0674. The zero-order chi connectivity index (χ0) is 25.6. The molecular weight excluding hydrogens is 480 g/mol. The summed E-state index contributed by atoms with van der Waals surface area (Å²) in [4.78, 5) is 52.4. The van der Waals surface area contributed by atoms with Crippen molar-refractivity contribution in [1.82, 2.24) is 4.90 Å². The molecule has 1 aliphatic carbocycles. The van der Waals surface area contributed by atoms with Gasteiger partial charge in [0.2, 0.25) is 0 Å². The summed E-state index contributed by atoms with van der Waals surface area (Å²) in [5, 5.41) is 10.6. The molecule has 2 aliphatic rings. The molecular formula is C28H23ClN2O5. The van der Waals surface area contributed by atoms with Gasteiger partial charge in [0.05, 0.1) is 17.0 Å². The van der Waals surface area contributed by atoms with E-state index in [2.05, 4.69) is 0 Å². The predicted octanol–water partition coefficient (Wildman–Crippen LogP) is 4.80. The normalized spacial score (nSPS) is 21.0. The van der Waals surface area contributed by atoms with Gasteiger partial charge in [-0.1, -0.05) is 54.1 Å². The zero-order valence-electron chi connectivity index (χ0n) is 19.2. The van der Waals surface area contributed by atoms with Crippen LogP contribution in [-0.2, 0) is 4.79 Å². The zero-order valence-corrected chi connectivity index (χ0v) is 19.9. The van der Waals surface area contributed by atoms with E-state index in [-0.39, 0.29) is 29.1 Å². The van der Waals surface area contributed by atoms with Crippen LogP contribution in [0.5, 0.6) is 0 Å². The van der Waals surface area contributed by atoms with E-state index in [0.29, 0.717) is 23.4 Å². The number of Topliss-reactive ketones (excluding diaryl/α,β-unsaturated/α-hetero) is 1. The van der Waals surface area contributed by atoms with Gasteiger partial charge in [-0.05, 0) is 54.2 Å². The third-order valence-electron chi connectivity index (χ3n) is 7.21. The molecule has 1 fully saturated rings. The first-order valence-corrected chi connectivity index (χ1v) is 12.0. The molecule has 1 saturated carbocycles. The third kappa shape index (κ3) is 4.05. The summed E-state index contributed by atoms with van der Waals surface area (Å²) in [7, 11) is 0. The number of anilines is 1. The summed E-state index contributed by atoms with van der Waals surface area (Å²) in [5.74, 6) is -4.65. The van der Waals surface area contributed by atoms with Crippen molar-refractivity contribution in [3.8, 4) is 11.1 Å². The molecule has 0 bridgehead atoms. The number of nitrogens with two attached hydrogens (primary N) is 1. The smallest absolute Gasteiger partial charge is 0.307 e. The summed E-state index contributed by atoms with van der Waals surface area (Å²) in [6.07, 6.45) is 0.782. The Kier molecular flexibility index (Phi) is 6.10. The van der Waals surface area contributed by atoms with Gasteiger partial charge >= 0.3 is 5.97 Å². The lowest BCUT2D eigenvalue weighted by molar-refractivity contribution is -0.144. The number of amides is 2. The molecule has 1 heterocycles. The van der Waals surface area contributed by atoms with E-state index in [9.17, 15) is 24.3 Å². The Hall–Kier alpha value is -3.97. The van der Waals surface area contributed by atoms with Crippen LogP contribution in [0.4, 0.5) is 5.69 Å². The van der Waals surface area contributed by atoms with Crippen molar-refractivity contribution >= 4 is 40.9 Å². The molecule has 8 heteroatoms. The van der Waals surface area contributed by atoms with Gasteiger partial charge in [0, 0.05) is 28.7 Å². The Bertz CT molecular complexity index is 1380. The highest BCUT2D eigenvalue weighted by Gasteiger charge is 2.48. The molecule has 0 aromatic heterocycles. The number of rotatable bonds is 6. The number of halogens is 1. The molecule has 0 spiro atoms. The molecule has 0 radical (unpaired) electrons. The topological polar surface area (TPSA) is 118 Å². The molecule has 0 saturated heterocycles. The first kappa shape index (κ1) is 23.8.